The van der Waals surface area contributed by atoms with Gasteiger partial charge in [0.25, 0.3) is 15.9 Å². The highest BCUT2D eigenvalue weighted by atomic mass is 32.2. The number of ether oxygens (including phenoxy) is 2. The summed E-state index contributed by atoms with van der Waals surface area (Å²) in [5.41, 5.74) is 1.13. The van der Waals surface area contributed by atoms with E-state index in [1.54, 1.807) is 5.38 Å². The van der Waals surface area contributed by atoms with E-state index < -0.39 is 21.9 Å². The topological polar surface area (TPSA) is 124 Å². The number of esters is 1. The molecule has 31 heavy (non-hydrogen) atoms. The highest BCUT2D eigenvalue weighted by Crippen LogP contribution is 2.29. The standard InChI is InChI=1S/C20H19N3O6S2/c1-12-11-30-20(21-12)22-18(24)13-7-8-17(28-2)16(10-13)23-31(26,27)15-6-4-5-14(9-15)19(25)29-3/h4-11,23H,1-3H3,(H,21,22,24). The third-order valence-electron chi connectivity index (χ3n) is 4.11. The summed E-state index contributed by atoms with van der Waals surface area (Å²) < 4.78 is 38.0. The number of amides is 1. The summed E-state index contributed by atoms with van der Waals surface area (Å²) in [6.07, 6.45) is 0. The normalized spacial score (nSPS) is 10.9. The molecule has 11 heteroatoms. The Labute approximate surface area is 183 Å². The predicted octanol–water partition coefficient (Wildman–Crippen LogP) is 3.30. The average Bonchev–Trinajstić information content (AvgIpc) is 3.17. The maximum Gasteiger partial charge on any atom is 0.337 e. The predicted molar refractivity (Wildman–Crippen MR) is 116 cm³/mol. The van der Waals surface area contributed by atoms with Gasteiger partial charge < -0.3 is 9.47 Å². The largest absolute Gasteiger partial charge is 0.495 e. The summed E-state index contributed by atoms with van der Waals surface area (Å²) in [7, 11) is -1.51. The van der Waals surface area contributed by atoms with Gasteiger partial charge in [0.15, 0.2) is 5.13 Å². The van der Waals surface area contributed by atoms with Crippen molar-refractivity contribution in [3.8, 4) is 5.75 Å². The SMILES string of the molecule is COC(=O)c1cccc(S(=O)(=O)Nc2cc(C(=O)Nc3nc(C)cs3)ccc2OC)c1. The number of hydrogen-bond acceptors (Lipinski definition) is 8. The molecular weight excluding hydrogens is 442 g/mol. The molecule has 0 spiro atoms. The molecule has 2 aromatic carbocycles. The Bertz CT molecular complexity index is 1240. The number of sulfonamides is 1. The maximum atomic E-state index is 12.9. The third-order valence-corrected chi connectivity index (χ3v) is 6.35. The second-order valence-corrected chi connectivity index (χ2v) is 8.83. The Morgan fingerprint density at radius 3 is 2.48 bits per heavy atom. The van der Waals surface area contributed by atoms with Gasteiger partial charge in [-0.2, -0.15) is 0 Å². The van der Waals surface area contributed by atoms with Crippen LogP contribution in [0.2, 0.25) is 0 Å². The Balaban J connectivity index is 1.90. The number of methoxy groups -OCH3 is 2. The van der Waals surface area contributed by atoms with Gasteiger partial charge in [0.1, 0.15) is 5.75 Å². The summed E-state index contributed by atoms with van der Waals surface area (Å²) in [4.78, 5) is 28.3. The molecule has 0 atom stereocenters. The van der Waals surface area contributed by atoms with Crippen molar-refractivity contribution in [1.82, 2.24) is 4.98 Å². The number of rotatable bonds is 7. The van der Waals surface area contributed by atoms with E-state index in [9.17, 15) is 18.0 Å². The van der Waals surface area contributed by atoms with Crippen molar-refractivity contribution in [3.05, 3.63) is 64.7 Å². The lowest BCUT2D eigenvalue weighted by atomic mass is 10.2. The molecule has 9 nitrogen and oxygen atoms in total. The van der Waals surface area contributed by atoms with E-state index in [1.165, 1.54) is 68.0 Å². The summed E-state index contributed by atoms with van der Waals surface area (Å²) in [6.45, 7) is 1.81. The highest BCUT2D eigenvalue weighted by molar-refractivity contribution is 7.92. The van der Waals surface area contributed by atoms with Crippen LogP contribution in [-0.2, 0) is 14.8 Å². The van der Waals surface area contributed by atoms with Gasteiger partial charge in [-0.15, -0.1) is 11.3 Å². The van der Waals surface area contributed by atoms with Crippen LogP contribution in [0.25, 0.3) is 0 Å². The molecule has 0 fully saturated rings. The molecular formula is C20H19N3O6S2. The molecule has 3 aromatic rings. The van der Waals surface area contributed by atoms with Crippen molar-refractivity contribution in [2.24, 2.45) is 0 Å². The summed E-state index contributed by atoms with van der Waals surface area (Å²) >= 11 is 1.28. The third kappa shape index (κ3) is 5.19. The first-order valence-electron chi connectivity index (χ1n) is 8.86. The van der Waals surface area contributed by atoms with Gasteiger partial charge in [-0.3, -0.25) is 14.8 Å². The molecule has 1 heterocycles. The molecule has 0 aliphatic rings. The number of nitrogens with zero attached hydrogens (tertiary/aromatic N) is 1. The second-order valence-electron chi connectivity index (χ2n) is 6.29. The molecule has 1 aromatic heterocycles. The van der Waals surface area contributed by atoms with Gasteiger partial charge in [-0.25, -0.2) is 18.2 Å². The van der Waals surface area contributed by atoms with E-state index in [0.717, 1.165) is 5.69 Å². The van der Waals surface area contributed by atoms with Crippen molar-refractivity contribution in [1.29, 1.82) is 0 Å². The molecule has 1 amide bonds. The van der Waals surface area contributed by atoms with Crippen LogP contribution in [0.5, 0.6) is 5.75 Å². The maximum absolute atomic E-state index is 12.9. The van der Waals surface area contributed by atoms with Crippen LogP contribution in [0.15, 0.2) is 52.7 Å². The zero-order valence-corrected chi connectivity index (χ0v) is 18.5. The van der Waals surface area contributed by atoms with Crippen LogP contribution >= 0.6 is 11.3 Å². The van der Waals surface area contributed by atoms with Crippen molar-refractivity contribution in [2.45, 2.75) is 11.8 Å². The number of carbonyl (C=O) groups excluding carboxylic acids is 2. The number of aromatic nitrogens is 1. The van der Waals surface area contributed by atoms with E-state index in [1.807, 2.05) is 6.92 Å². The lowest BCUT2D eigenvalue weighted by Gasteiger charge is -2.14. The first-order valence-corrected chi connectivity index (χ1v) is 11.2. The van der Waals surface area contributed by atoms with E-state index >= 15 is 0 Å². The van der Waals surface area contributed by atoms with Crippen molar-refractivity contribution in [2.75, 3.05) is 24.3 Å². The monoisotopic (exact) mass is 461 g/mol. The summed E-state index contributed by atoms with van der Waals surface area (Å²) in [5.74, 6) is -0.898. The van der Waals surface area contributed by atoms with Crippen LogP contribution in [0, 0.1) is 6.92 Å². The van der Waals surface area contributed by atoms with Crippen molar-refractivity contribution >= 4 is 44.1 Å². The molecule has 0 saturated carbocycles. The molecule has 3 rings (SSSR count). The number of anilines is 2. The van der Waals surface area contributed by atoms with Crippen molar-refractivity contribution in [3.63, 3.8) is 0 Å². The van der Waals surface area contributed by atoms with Crippen LogP contribution in [-0.4, -0.2) is 39.5 Å². The number of thiazole rings is 1. The molecule has 0 aliphatic heterocycles. The number of hydrogen-bond donors (Lipinski definition) is 2. The van der Waals surface area contributed by atoms with Gasteiger partial charge >= 0.3 is 5.97 Å². The number of nitrogens with one attached hydrogen (secondary N) is 2. The smallest absolute Gasteiger partial charge is 0.337 e. The fourth-order valence-corrected chi connectivity index (χ4v) is 4.41. The van der Waals surface area contributed by atoms with Gasteiger partial charge in [0.2, 0.25) is 0 Å². The van der Waals surface area contributed by atoms with Gasteiger partial charge in [-0.1, -0.05) is 6.07 Å². The minimum atomic E-state index is -4.09. The number of carbonyl (C=O) groups is 2. The molecule has 0 bridgehead atoms. The number of aryl methyl sites for hydroxylation is 1. The zero-order chi connectivity index (χ0) is 22.6. The molecule has 0 unspecified atom stereocenters. The average molecular weight is 462 g/mol. The summed E-state index contributed by atoms with van der Waals surface area (Å²) in [5, 5.41) is 4.89. The molecule has 0 saturated heterocycles. The molecule has 162 valence electrons. The van der Waals surface area contributed by atoms with Crippen LogP contribution in [0.1, 0.15) is 26.4 Å². The van der Waals surface area contributed by atoms with Crippen LogP contribution < -0.4 is 14.8 Å². The Kier molecular flexibility index (Phi) is 6.56. The van der Waals surface area contributed by atoms with Crippen molar-refractivity contribution < 1.29 is 27.5 Å². The molecule has 2 N–H and O–H groups in total. The summed E-state index contributed by atoms with van der Waals surface area (Å²) in [6, 6.07) is 9.74. The lowest BCUT2D eigenvalue weighted by Crippen LogP contribution is -2.16. The zero-order valence-electron chi connectivity index (χ0n) is 16.8. The second kappa shape index (κ2) is 9.14. The fourth-order valence-electron chi connectivity index (χ4n) is 2.62. The Morgan fingerprint density at radius 1 is 1.06 bits per heavy atom. The van der Waals surface area contributed by atoms with Gasteiger partial charge in [0.05, 0.1) is 36.1 Å². The first-order chi connectivity index (χ1) is 14.7. The molecule has 0 aliphatic carbocycles. The Hall–Kier alpha value is -3.44. The van der Waals surface area contributed by atoms with E-state index in [-0.39, 0.29) is 27.5 Å². The van der Waals surface area contributed by atoms with Gasteiger partial charge in [0, 0.05) is 10.9 Å². The van der Waals surface area contributed by atoms with Crippen LogP contribution in [0.3, 0.4) is 0 Å². The number of benzene rings is 2. The highest BCUT2D eigenvalue weighted by Gasteiger charge is 2.20. The quantitative estimate of drug-likeness (QED) is 0.517. The molecule has 0 radical (unpaired) electrons. The minimum absolute atomic E-state index is 0.0638. The first kappa shape index (κ1) is 22.2. The lowest BCUT2D eigenvalue weighted by molar-refractivity contribution is 0.0600. The van der Waals surface area contributed by atoms with E-state index in [4.69, 9.17) is 4.74 Å². The fraction of sp³-hybridized carbons (Fsp3) is 0.150. The minimum Gasteiger partial charge on any atom is -0.495 e. The van der Waals surface area contributed by atoms with Crippen LogP contribution in [0.4, 0.5) is 10.8 Å². The Morgan fingerprint density at radius 2 is 1.84 bits per heavy atom. The van der Waals surface area contributed by atoms with Gasteiger partial charge in [-0.05, 0) is 43.3 Å². The van der Waals surface area contributed by atoms with E-state index in [2.05, 4.69) is 19.8 Å². The van der Waals surface area contributed by atoms with E-state index in [0.29, 0.717) is 5.13 Å².